The summed E-state index contributed by atoms with van der Waals surface area (Å²) >= 11 is 0. The standard InChI is InChI=1S/C24H25F3N2O4/c25-24(26,27)33-18-3-1-2-16(12-18)17-4-5-21-19(13-17)20(8-11-31-21)28-23(30)32-22-14-29-9-6-15(22)7-10-29/h1-5,12-13,15,20,22H,6-11,14H2,(H,28,30)/t20?,22-/m1/s1. The van der Waals surface area contributed by atoms with E-state index in [0.717, 1.165) is 38.0 Å². The predicted molar refractivity (Wildman–Crippen MR) is 114 cm³/mol. The third kappa shape index (κ3) is 5.03. The van der Waals surface area contributed by atoms with Crippen LogP contribution in [0, 0.1) is 5.92 Å². The molecule has 0 aliphatic carbocycles. The Bertz CT molecular complexity index is 1020. The van der Waals surface area contributed by atoms with Crippen LogP contribution in [0.5, 0.6) is 11.5 Å². The molecule has 4 aliphatic heterocycles. The summed E-state index contributed by atoms with van der Waals surface area (Å²) in [4.78, 5) is 15.0. The second-order valence-corrected chi connectivity index (χ2v) is 8.74. The predicted octanol–water partition coefficient (Wildman–Crippen LogP) is 4.90. The fourth-order valence-corrected chi connectivity index (χ4v) is 4.95. The van der Waals surface area contributed by atoms with Crippen LogP contribution in [0.1, 0.15) is 30.9 Å². The van der Waals surface area contributed by atoms with Gasteiger partial charge in [-0.05, 0) is 67.2 Å². The lowest BCUT2D eigenvalue weighted by atomic mass is 9.86. The molecular weight excluding hydrogens is 437 g/mol. The summed E-state index contributed by atoms with van der Waals surface area (Å²) in [5.41, 5.74) is 2.04. The van der Waals surface area contributed by atoms with Crippen LogP contribution in [0.25, 0.3) is 11.1 Å². The van der Waals surface area contributed by atoms with Crippen LogP contribution in [0.4, 0.5) is 18.0 Å². The average Bonchev–Trinajstić information content (AvgIpc) is 2.79. The Balaban J connectivity index is 1.31. The molecule has 4 heterocycles. The van der Waals surface area contributed by atoms with Crippen molar-refractivity contribution >= 4 is 6.09 Å². The van der Waals surface area contributed by atoms with Crippen molar-refractivity contribution in [3.8, 4) is 22.6 Å². The third-order valence-corrected chi connectivity index (χ3v) is 6.60. The maximum atomic E-state index is 12.7. The molecule has 1 N–H and O–H groups in total. The number of hydrogen-bond donors (Lipinski definition) is 1. The number of carbonyl (C=O) groups excluding carboxylic acids is 1. The van der Waals surface area contributed by atoms with Gasteiger partial charge in [0.05, 0.1) is 12.6 Å². The first-order valence-electron chi connectivity index (χ1n) is 11.2. The molecule has 6 rings (SSSR count). The van der Waals surface area contributed by atoms with Gasteiger partial charge in [-0.2, -0.15) is 0 Å². The van der Waals surface area contributed by atoms with Crippen molar-refractivity contribution in [2.45, 2.75) is 37.8 Å². The molecule has 33 heavy (non-hydrogen) atoms. The smallest absolute Gasteiger partial charge is 0.493 e. The first-order valence-corrected chi connectivity index (χ1v) is 11.2. The van der Waals surface area contributed by atoms with E-state index in [-0.39, 0.29) is 17.9 Å². The van der Waals surface area contributed by atoms with Gasteiger partial charge in [-0.3, -0.25) is 4.90 Å². The van der Waals surface area contributed by atoms with Crippen LogP contribution < -0.4 is 14.8 Å². The Morgan fingerprint density at radius 1 is 1.06 bits per heavy atom. The molecular formula is C24H25F3N2O4. The SMILES string of the molecule is O=C(NC1CCOc2ccc(-c3cccc(OC(F)(F)F)c3)cc21)O[C@@H]1CN2CCC1CC2. The molecule has 2 aromatic carbocycles. The molecule has 6 nitrogen and oxygen atoms in total. The second-order valence-electron chi connectivity index (χ2n) is 8.74. The van der Waals surface area contributed by atoms with E-state index in [9.17, 15) is 18.0 Å². The molecule has 0 spiro atoms. The quantitative estimate of drug-likeness (QED) is 0.701. The number of hydrogen-bond acceptors (Lipinski definition) is 5. The van der Waals surface area contributed by atoms with Gasteiger partial charge in [-0.1, -0.05) is 18.2 Å². The number of rotatable bonds is 4. The van der Waals surface area contributed by atoms with E-state index in [2.05, 4.69) is 15.0 Å². The number of carbonyl (C=O) groups is 1. The maximum absolute atomic E-state index is 12.7. The highest BCUT2D eigenvalue weighted by Crippen LogP contribution is 2.37. The summed E-state index contributed by atoms with van der Waals surface area (Å²) in [5, 5.41) is 2.97. The van der Waals surface area contributed by atoms with Crippen LogP contribution >= 0.6 is 0 Å². The largest absolute Gasteiger partial charge is 0.573 e. The Labute approximate surface area is 189 Å². The number of piperidine rings is 3. The van der Waals surface area contributed by atoms with Gasteiger partial charge in [-0.15, -0.1) is 13.2 Å². The minimum absolute atomic E-state index is 0.0884. The van der Waals surface area contributed by atoms with E-state index in [0.29, 0.717) is 35.8 Å². The van der Waals surface area contributed by atoms with Gasteiger partial charge in [0.25, 0.3) is 0 Å². The summed E-state index contributed by atoms with van der Waals surface area (Å²) < 4.78 is 53.3. The van der Waals surface area contributed by atoms with Crippen LogP contribution in [0.2, 0.25) is 0 Å². The van der Waals surface area contributed by atoms with E-state index < -0.39 is 12.5 Å². The molecule has 3 fully saturated rings. The van der Waals surface area contributed by atoms with Gasteiger partial charge in [-0.25, -0.2) is 4.79 Å². The lowest BCUT2D eigenvalue weighted by molar-refractivity contribution is -0.274. The minimum Gasteiger partial charge on any atom is -0.493 e. The molecule has 1 unspecified atom stereocenters. The normalized spacial score (nSPS) is 26.2. The molecule has 176 valence electrons. The summed E-state index contributed by atoms with van der Waals surface area (Å²) in [6.45, 7) is 3.36. The number of fused-ring (bicyclic) bond motifs is 4. The highest BCUT2D eigenvalue weighted by atomic mass is 19.4. The Morgan fingerprint density at radius 2 is 1.85 bits per heavy atom. The number of nitrogens with zero attached hydrogens (tertiary/aromatic N) is 1. The Morgan fingerprint density at radius 3 is 2.58 bits per heavy atom. The van der Waals surface area contributed by atoms with E-state index in [1.807, 2.05) is 6.07 Å². The third-order valence-electron chi connectivity index (χ3n) is 6.60. The summed E-state index contributed by atoms with van der Waals surface area (Å²) in [7, 11) is 0. The van der Waals surface area contributed by atoms with Gasteiger partial charge in [0.15, 0.2) is 0 Å². The number of nitrogens with one attached hydrogen (secondary N) is 1. The zero-order valence-corrected chi connectivity index (χ0v) is 17.9. The van der Waals surface area contributed by atoms with Crippen LogP contribution in [0.3, 0.4) is 0 Å². The molecule has 0 saturated carbocycles. The average molecular weight is 462 g/mol. The number of amides is 1. The first kappa shape index (κ1) is 21.9. The minimum atomic E-state index is -4.76. The van der Waals surface area contributed by atoms with Crippen molar-refractivity contribution in [2.24, 2.45) is 5.92 Å². The van der Waals surface area contributed by atoms with Crippen LogP contribution in [-0.4, -0.2) is 49.7 Å². The van der Waals surface area contributed by atoms with Crippen molar-refractivity contribution < 1.29 is 32.2 Å². The molecule has 9 heteroatoms. The first-order chi connectivity index (χ1) is 15.8. The van der Waals surface area contributed by atoms with Crippen molar-refractivity contribution in [3.63, 3.8) is 0 Å². The number of alkyl carbamates (subject to hydrolysis) is 1. The van der Waals surface area contributed by atoms with Crippen molar-refractivity contribution in [3.05, 3.63) is 48.0 Å². The second kappa shape index (κ2) is 8.78. The number of halogens is 3. The molecule has 1 amide bonds. The highest BCUT2D eigenvalue weighted by Gasteiger charge is 2.37. The van der Waals surface area contributed by atoms with Crippen LogP contribution in [0.15, 0.2) is 42.5 Å². The Kier molecular flexibility index (Phi) is 5.82. The molecule has 2 aromatic rings. The maximum Gasteiger partial charge on any atom is 0.573 e. The van der Waals surface area contributed by atoms with Gasteiger partial charge >= 0.3 is 12.5 Å². The molecule has 0 radical (unpaired) electrons. The van der Waals surface area contributed by atoms with Crippen molar-refractivity contribution in [1.29, 1.82) is 0 Å². The number of alkyl halides is 3. The van der Waals surface area contributed by atoms with Gasteiger partial charge in [0.2, 0.25) is 0 Å². The van der Waals surface area contributed by atoms with E-state index in [1.165, 1.54) is 18.2 Å². The molecule has 2 atom stereocenters. The zero-order chi connectivity index (χ0) is 23.0. The summed E-state index contributed by atoms with van der Waals surface area (Å²) in [6, 6.07) is 10.9. The number of ether oxygens (including phenoxy) is 3. The van der Waals surface area contributed by atoms with Gasteiger partial charge in [0.1, 0.15) is 17.6 Å². The summed E-state index contributed by atoms with van der Waals surface area (Å²) in [5.74, 6) is 0.770. The fourth-order valence-electron chi connectivity index (χ4n) is 4.95. The lowest BCUT2D eigenvalue weighted by Crippen LogP contribution is -2.52. The molecule has 3 saturated heterocycles. The fraction of sp³-hybridized carbons (Fsp3) is 0.458. The molecule has 0 aromatic heterocycles. The van der Waals surface area contributed by atoms with Gasteiger partial charge in [0, 0.05) is 18.5 Å². The van der Waals surface area contributed by atoms with E-state index >= 15 is 0 Å². The Hall–Kier alpha value is -2.94. The highest BCUT2D eigenvalue weighted by molar-refractivity contribution is 5.70. The van der Waals surface area contributed by atoms with E-state index in [1.54, 1.807) is 18.2 Å². The van der Waals surface area contributed by atoms with Gasteiger partial charge < -0.3 is 19.5 Å². The van der Waals surface area contributed by atoms with Crippen molar-refractivity contribution in [1.82, 2.24) is 10.2 Å². The molecule has 4 aliphatic rings. The van der Waals surface area contributed by atoms with Crippen LogP contribution in [-0.2, 0) is 4.74 Å². The van der Waals surface area contributed by atoms with E-state index in [4.69, 9.17) is 9.47 Å². The zero-order valence-electron chi connectivity index (χ0n) is 17.9. The summed E-state index contributed by atoms with van der Waals surface area (Å²) in [6.07, 6.45) is -2.61. The monoisotopic (exact) mass is 462 g/mol. The van der Waals surface area contributed by atoms with Crippen molar-refractivity contribution in [2.75, 3.05) is 26.2 Å². The lowest BCUT2D eigenvalue weighted by Gasteiger charge is -2.44. The molecule has 2 bridgehead atoms. The number of benzene rings is 2. The topological polar surface area (TPSA) is 60.0 Å².